The molecule has 4 aromatic rings. The van der Waals surface area contributed by atoms with Gasteiger partial charge in [0.25, 0.3) is 0 Å². The number of likely N-dealkylation sites (N-methyl/N-ethyl adjacent to an activating group) is 1. The summed E-state index contributed by atoms with van der Waals surface area (Å²) in [4.78, 5) is 2.21. The first-order chi connectivity index (χ1) is 16.6. The van der Waals surface area contributed by atoms with Gasteiger partial charge in [-0.3, -0.25) is 14.7 Å². The predicted octanol–water partition coefficient (Wildman–Crippen LogP) is 3.62. The summed E-state index contributed by atoms with van der Waals surface area (Å²) < 4.78 is 10.1. The normalized spacial score (nSPS) is 18.1. The first-order valence-corrected chi connectivity index (χ1v) is 11.9. The smallest absolute Gasteiger partial charge is 0.219 e. The molecule has 2 N–H and O–H groups in total. The van der Waals surface area contributed by atoms with Crippen molar-refractivity contribution in [3.05, 3.63) is 47.0 Å². The van der Waals surface area contributed by atoms with Gasteiger partial charge in [0.05, 0.1) is 40.8 Å². The lowest BCUT2D eigenvalue weighted by Gasteiger charge is -2.22. The lowest BCUT2D eigenvalue weighted by atomic mass is 10.0. The zero-order valence-corrected chi connectivity index (χ0v) is 21.2. The Morgan fingerprint density at radius 2 is 2.03 bits per heavy atom. The Balaban J connectivity index is 1.66. The molecule has 0 radical (unpaired) electrons. The van der Waals surface area contributed by atoms with Crippen LogP contribution in [-0.2, 0) is 20.1 Å². The van der Waals surface area contributed by atoms with Crippen LogP contribution < -0.4 is 4.74 Å². The second-order valence-electron chi connectivity index (χ2n) is 10.2. The lowest BCUT2D eigenvalue weighted by molar-refractivity contribution is 0.0568. The van der Waals surface area contributed by atoms with E-state index in [9.17, 15) is 5.11 Å². The van der Waals surface area contributed by atoms with Crippen LogP contribution in [0.25, 0.3) is 34.2 Å². The fourth-order valence-electron chi connectivity index (χ4n) is 4.72. The van der Waals surface area contributed by atoms with Crippen LogP contribution in [0, 0.1) is 6.92 Å². The quantitative estimate of drug-likeness (QED) is 0.460. The van der Waals surface area contributed by atoms with Gasteiger partial charge in [-0.2, -0.15) is 15.3 Å². The monoisotopic (exact) mass is 475 g/mol. The van der Waals surface area contributed by atoms with E-state index in [4.69, 9.17) is 9.84 Å². The number of nitrogens with zero attached hydrogens (tertiary/aromatic N) is 6. The molecule has 0 unspecified atom stereocenters. The first-order valence-electron chi connectivity index (χ1n) is 11.9. The molecule has 1 aliphatic heterocycles. The lowest BCUT2D eigenvalue weighted by Crippen LogP contribution is -2.31. The highest BCUT2D eigenvalue weighted by molar-refractivity contribution is 5.93. The topological polar surface area (TPSA) is 97.0 Å². The summed E-state index contributed by atoms with van der Waals surface area (Å²) in [6, 6.07) is 6.24. The molecule has 0 spiro atoms. The van der Waals surface area contributed by atoms with E-state index in [1.807, 2.05) is 37.0 Å². The fourth-order valence-corrected chi connectivity index (χ4v) is 4.72. The third kappa shape index (κ3) is 4.61. The van der Waals surface area contributed by atoms with Crippen LogP contribution in [0.3, 0.4) is 0 Å². The molecule has 5 rings (SSSR count). The number of hydrogen-bond acceptors (Lipinski definition) is 6. The minimum atomic E-state index is -0.865. The molecule has 184 valence electrons. The second-order valence-corrected chi connectivity index (χ2v) is 10.2. The molecule has 35 heavy (non-hydrogen) atoms. The summed E-state index contributed by atoms with van der Waals surface area (Å²) in [6.07, 6.45) is 5.91. The number of aromatic nitrogens is 6. The summed E-state index contributed by atoms with van der Waals surface area (Å²) in [5.41, 5.74) is 5.95. The van der Waals surface area contributed by atoms with Crippen molar-refractivity contribution in [1.82, 2.24) is 34.7 Å². The van der Waals surface area contributed by atoms with E-state index in [0.717, 1.165) is 50.6 Å². The van der Waals surface area contributed by atoms with Gasteiger partial charge in [-0.1, -0.05) is 6.07 Å². The molecular formula is C26H33N7O2. The van der Waals surface area contributed by atoms with Gasteiger partial charge in [-0.15, -0.1) is 0 Å². The van der Waals surface area contributed by atoms with E-state index in [1.165, 1.54) is 0 Å². The van der Waals surface area contributed by atoms with Crippen molar-refractivity contribution in [3.63, 3.8) is 0 Å². The van der Waals surface area contributed by atoms with Crippen LogP contribution in [0.15, 0.2) is 24.4 Å². The minimum absolute atomic E-state index is 0.0638. The highest BCUT2D eigenvalue weighted by Crippen LogP contribution is 2.33. The fraction of sp³-hybridized carbons (Fsp3) is 0.423. The van der Waals surface area contributed by atoms with Crippen LogP contribution >= 0.6 is 0 Å². The number of aryl methyl sites for hydroxylation is 1. The Morgan fingerprint density at radius 1 is 1.23 bits per heavy atom. The number of nitrogens with one attached hydrogen (secondary N) is 1. The van der Waals surface area contributed by atoms with E-state index >= 15 is 0 Å². The molecule has 2 bridgehead atoms. The van der Waals surface area contributed by atoms with Gasteiger partial charge in [0.2, 0.25) is 5.88 Å². The van der Waals surface area contributed by atoms with Crippen molar-refractivity contribution in [2.75, 3.05) is 13.6 Å². The molecule has 1 aliphatic rings. The number of aromatic amines is 1. The summed E-state index contributed by atoms with van der Waals surface area (Å²) in [6.45, 7) is 9.50. The summed E-state index contributed by atoms with van der Waals surface area (Å²) in [5.74, 6) is 0.742. The minimum Gasteiger partial charge on any atom is -0.473 e. The summed E-state index contributed by atoms with van der Waals surface area (Å²) in [5, 5.41) is 28.5. The molecule has 0 aliphatic carbocycles. The maximum Gasteiger partial charge on any atom is 0.219 e. The van der Waals surface area contributed by atoms with Crippen molar-refractivity contribution < 1.29 is 9.84 Å². The van der Waals surface area contributed by atoms with Crippen molar-refractivity contribution in [1.29, 1.82) is 0 Å². The third-order valence-corrected chi connectivity index (χ3v) is 6.36. The van der Waals surface area contributed by atoms with Crippen molar-refractivity contribution >= 4 is 23.1 Å². The Bertz CT molecular complexity index is 1400. The van der Waals surface area contributed by atoms with Gasteiger partial charge < -0.3 is 9.84 Å². The number of rotatable bonds is 2. The Labute approximate surface area is 205 Å². The van der Waals surface area contributed by atoms with Gasteiger partial charge in [0, 0.05) is 36.8 Å². The zero-order chi connectivity index (χ0) is 24.9. The molecule has 1 aromatic carbocycles. The number of hydrogen-bond donors (Lipinski definition) is 2. The number of ether oxygens (including phenoxy) is 1. The van der Waals surface area contributed by atoms with E-state index in [2.05, 4.69) is 52.4 Å². The molecule has 0 saturated carbocycles. The zero-order valence-electron chi connectivity index (χ0n) is 21.2. The predicted molar refractivity (Wildman–Crippen MR) is 137 cm³/mol. The maximum atomic E-state index is 10.4. The van der Waals surface area contributed by atoms with E-state index in [1.54, 1.807) is 18.5 Å². The Kier molecular flexibility index (Phi) is 5.77. The third-order valence-electron chi connectivity index (χ3n) is 6.36. The van der Waals surface area contributed by atoms with Gasteiger partial charge in [-0.05, 0) is 64.6 Å². The molecule has 3 aromatic heterocycles. The van der Waals surface area contributed by atoms with Gasteiger partial charge in [0.15, 0.2) is 0 Å². The van der Waals surface area contributed by atoms with Crippen molar-refractivity contribution in [2.45, 2.75) is 52.5 Å². The highest BCUT2D eigenvalue weighted by atomic mass is 16.5. The van der Waals surface area contributed by atoms with E-state index in [0.29, 0.717) is 19.6 Å². The number of aliphatic hydroxyl groups is 1. The van der Waals surface area contributed by atoms with Crippen molar-refractivity contribution in [2.24, 2.45) is 7.05 Å². The molecule has 9 heteroatoms. The molecule has 0 amide bonds. The Hall–Kier alpha value is -3.43. The maximum absolute atomic E-state index is 10.4. The molecule has 1 atom stereocenters. The molecule has 0 saturated heterocycles. The van der Waals surface area contributed by atoms with Crippen LogP contribution in [0.5, 0.6) is 5.88 Å². The summed E-state index contributed by atoms with van der Waals surface area (Å²) in [7, 11) is 3.97. The summed E-state index contributed by atoms with van der Waals surface area (Å²) >= 11 is 0. The molecule has 0 fully saturated rings. The van der Waals surface area contributed by atoms with Crippen molar-refractivity contribution in [3.8, 4) is 17.0 Å². The van der Waals surface area contributed by atoms with Crippen LogP contribution in [0.4, 0.5) is 0 Å². The van der Waals surface area contributed by atoms with Gasteiger partial charge >= 0.3 is 0 Å². The number of benzene rings is 1. The Morgan fingerprint density at radius 3 is 2.80 bits per heavy atom. The second kappa shape index (κ2) is 8.66. The van der Waals surface area contributed by atoms with E-state index in [-0.39, 0.29) is 6.10 Å². The van der Waals surface area contributed by atoms with Gasteiger partial charge in [0.1, 0.15) is 6.10 Å². The van der Waals surface area contributed by atoms with Crippen LogP contribution in [0.1, 0.15) is 43.4 Å². The SMILES string of the molecule is Cc1c2c(nn1CC(C)(C)O)CN(C)C[C@H](C)Oc1c(cnn1C)-c1ccc3[nH]nc(c3c1)/C=C/2. The average molecular weight is 476 g/mol. The molecule has 9 nitrogen and oxygen atoms in total. The number of fused-ring (bicyclic) bond motifs is 4. The van der Waals surface area contributed by atoms with E-state index < -0.39 is 5.60 Å². The largest absolute Gasteiger partial charge is 0.473 e. The van der Waals surface area contributed by atoms with Gasteiger partial charge in [-0.25, -0.2) is 4.68 Å². The number of H-pyrrole nitrogens is 1. The van der Waals surface area contributed by atoms with Crippen LogP contribution in [0.2, 0.25) is 0 Å². The molecular weight excluding hydrogens is 442 g/mol. The molecule has 4 heterocycles. The standard InChI is InChI=1S/C26H33N7O2/c1-16-13-31(5)14-24-19(17(2)33(30-24)15-26(3,4)34)8-10-23-20-11-18(7-9-22(20)28-29-23)21-12-27-32(6)25(21)35-16/h7-12,16,34H,13-15H2,1-6H3,(H,28,29)/b10-8+/t16-/m0/s1. The van der Waals surface area contributed by atoms with Crippen LogP contribution in [-0.4, -0.2) is 65.1 Å². The average Bonchev–Trinajstić information content (AvgIpc) is 3.42. The highest BCUT2D eigenvalue weighted by Gasteiger charge is 2.22. The first kappa shape index (κ1) is 23.3.